The van der Waals surface area contributed by atoms with E-state index in [0.29, 0.717) is 12.8 Å². The fraction of sp³-hybridized carbons (Fsp3) is 0.552. The van der Waals surface area contributed by atoms with E-state index >= 15 is 0 Å². The number of likely N-dealkylation sites (N-methyl/N-ethyl adjacent to an activating group) is 1. The minimum Gasteiger partial charge on any atom is -0.359 e. The zero-order chi connectivity index (χ0) is 27.1. The molecule has 1 saturated heterocycles. The van der Waals surface area contributed by atoms with Crippen LogP contribution < -0.4 is 15.5 Å². The van der Waals surface area contributed by atoms with Crippen LogP contribution in [0.5, 0.6) is 0 Å². The van der Waals surface area contributed by atoms with Gasteiger partial charge in [0.05, 0.1) is 6.04 Å². The Bertz CT molecular complexity index is 993. The number of rotatable bonds is 6. The Morgan fingerprint density at radius 2 is 1.84 bits per heavy atom. The summed E-state index contributed by atoms with van der Waals surface area (Å²) < 4.78 is 27.0. The van der Waals surface area contributed by atoms with Crippen molar-refractivity contribution >= 4 is 17.9 Å². The third kappa shape index (κ3) is 8.32. The second kappa shape index (κ2) is 12.6. The zero-order valence-corrected chi connectivity index (χ0v) is 22.3. The van der Waals surface area contributed by atoms with Gasteiger partial charge in [-0.25, -0.2) is 8.78 Å². The van der Waals surface area contributed by atoms with Gasteiger partial charge in [0.2, 0.25) is 11.8 Å². The number of anilines is 1. The maximum Gasteiger partial charge on any atom is 0.248 e. The molecule has 0 radical (unpaired) electrons. The Kier molecular flexibility index (Phi) is 9.76. The van der Waals surface area contributed by atoms with Crippen LogP contribution in [0.15, 0.2) is 48.8 Å². The number of amides is 1. The van der Waals surface area contributed by atoms with Gasteiger partial charge in [-0.05, 0) is 61.4 Å². The van der Waals surface area contributed by atoms with Crippen molar-refractivity contribution in [2.45, 2.75) is 88.8 Å². The molecule has 2 atom stereocenters. The smallest absolute Gasteiger partial charge is 0.248 e. The highest BCUT2D eigenvalue weighted by Crippen LogP contribution is 2.34. The lowest BCUT2D eigenvalue weighted by atomic mass is 9.87. The number of carbonyl (C=O) groups is 2. The number of aromatic nitrogens is 1. The largest absolute Gasteiger partial charge is 0.359 e. The topological polar surface area (TPSA) is 74.3 Å². The molecule has 0 bridgehead atoms. The lowest BCUT2D eigenvalue weighted by Crippen LogP contribution is -2.46. The van der Waals surface area contributed by atoms with Gasteiger partial charge in [-0.1, -0.05) is 39.0 Å². The Morgan fingerprint density at radius 3 is 2.32 bits per heavy atom. The lowest BCUT2D eigenvalue weighted by molar-refractivity contribution is -0.124. The predicted molar refractivity (Wildman–Crippen MR) is 143 cm³/mol. The van der Waals surface area contributed by atoms with Crippen LogP contribution in [-0.4, -0.2) is 48.8 Å². The molecule has 2 aromatic rings. The Balaban J connectivity index is 0.000000468. The van der Waals surface area contributed by atoms with E-state index in [1.807, 2.05) is 30.1 Å². The maximum absolute atomic E-state index is 13.5. The second-order valence-corrected chi connectivity index (χ2v) is 11.1. The van der Waals surface area contributed by atoms with Crippen molar-refractivity contribution in [2.24, 2.45) is 0 Å². The standard InChI is InChI=1S/C24H31F2N3O.C5H9NO/c1-23(2,3)18-7-9-20(10-8-18)29(4)21(17-6-5-15-27-16-17)22(30)28-19-11-13-24(25,26)14-12-19;7-4-5-2-1-3-6-5/h5-10,15-16,19,21H,11-14H2,1-4H3,(H,28,30);4-6H,1-3H2. The highest BCUT2D eigenvalue weighted by atomic mass is 19.3. The van der Waals surface area contributed by atoms with E-state index in [-0.39, 0.29) is 36.2 Å². The van der Waals surface area contributed by atoms with Crippen LogP contribution in [0, 0.1) is 0 Å². The maximum atomic E-state index is 13.5. The summed E-state index contributed by atoms with van der Waals surface area (Å²) in [5, 5.41) is 6.04. The highest BCUT2D eigenvalue weighted by Gasteiger charge is 2.36. The van der Waals surface area contributed by atoms with E-state index in [0.717, 1.165) is 36.9 Å². The number of hydrogen-bond acceptors (Lipinski definition) is 5. The summed E-state index contributed by atoms with van der Waals surface area (Å²) in [5.74, 6) is -2.81. The molecule has 1 aliphatic carbocycles. The number of pyridine rings is 1. The molecule has 0 spiro atoms. The molecule has 202 valence electrons. The molecule has 1 aromatic heterocycles. The van der Waals surface area contributed by atoms with Crippen LogP contribution >= 0.6 is 0 Å². The fourth-order valence-electron chi connectivity index (χ4n) is 4.73. The number of hydrogen-bond donors (Lipinski definition) is 2. The average Bonchev–Trinajstić information content (AvgIpc) is 3.40. The van der Waals surface area contributed by atoms with Crippen LogP contribution in [0.4, 0.5) is 14.5 Å². The Morgan fingerprint density at radius 1 is 1.16 bits per heavy atom. The summed E-state index contributed by atoms with van der Waals surface area (Å²) >= 11 is 0. The molecule has 1 aromatic carbocycles. The summed E-state index contributed by atoms with van der Waals surface area (Å²) in [6.45, 7) is 7.49. The molecule has 2 fully saturated rings. The first-order chi connectivity index (χ1) is 17.5. The first kappa shape index (κ1) is 28.7. The van der Waals surface area contributed by atoms with E-state index in [1.165, 1.54) is 5.56 Å². The molecule has 2 heterocycles. The van der Waals surface area contributed by atoms with E-state index in [9.17, 15) is 18.4 Å². The van der Waals surface area contributed by atoms with Crippen LogP contribution in [-0.2, 0) is 15.0 Å². The predicted octanol–water partition coefficient (Wildman–Crippen LogP) is 5.19. The van der Waals surface area contributed by atoms with Crippen molar-refractivity contribution in [2.75, 3.05) is 18.5 Å². The third-order valence-corrected chi connectivity index (χ3v) is 7.10. The van der Waals surface area contributed by atoms with Crippen molar-refractivity contribution in [3.63, 3.8) is 0 Å². The minimum atomic E-state index is -2.62. The van der Waals surface area contributed by atoms with Crippen molar-refractivity contribution in [1.29, 1.82) is 0 Å². The molecule has 1 amide bonds. The SMILES string of the molecule is CN(c1ccc(C(C)(C)C)cc1)C(C(=O)NC1CCC(F)(F)CC1)c1cccnc1.O=CC1CCCN1. The molecule has 4 rings (SSSR count). The quantitative estimate of drug-likeness (QED) is 0.519. The van der Waals surface area contributed by atoms with E-state index < -0.39 is 12.0 Å². The molecule has 37 heavy (non-hydrogen) atoms. The Labute approximate surface area is 219 Å². The third-order valence-electron chi connectivity index (χ3n) is 7.10. The second-order valence-electron chi connectivity index (χ2n) is 11.1. The number of benzene rings is 1. The fourth-order valence-corrected chi connectivity index (χ4v) is 4.73. The van der Waals surface area contributed by atoms with Gasteiger partial charge in [-0.15, -0.1) is 0 Å². The van der Waals surface area contributed by atoms with Gasteiger partial charge >= 0.3 is 0 Å². The molecular weight excluding hydrogens is 474 g/mol. The molecule has 2 unspecified atom stereocenters. The number of aldehydes is 1. The number of nitrogens with zero attached hydrogens (tertiary/aromatic N) is 2. The van der Waals surface area contributed by atoms with Gasteiger partial charge < -0.3 is 20.3 Å². The van der Waals surface area contributed by atoms with Crippen molar-refractivity contribution < 1.29 is 18.4 Å². The highest BCUT2D eigenvalue weighted by molar-refractivity contribution is 5.86. The molecule has 2 N–H and O–H groups in total. The van der Waals surface area contributed by atoms with Gasteiger partial charge in [0, 0.05) is 49.6 Å². The molecule has 2 aliphatic rings. The average molecular weight is 515 g/mol. The lowest BCUT2D eigenvalue weighted by Gasteiger charge is -2.33. The number of alkyl halides is 2. The molecule has 1 saturated carbocycles. The number of nitrogens with one attached hydrogen (secondary N) is 2. The van der Waals surface area contributed by atoms with E-state index in [1.54, 1.807) is 18.5 Å². The van der Waals surface area contributed by atoms with Crippen LogP contribution in [0.2, 0.25) is 0 Å². The summed E-state index contributed by atoms with van der Waals surface area (Å²) in [6.07, 6.45) is 6.74. The normalized spacial score (nSPS) is 20.3. The minimum absolute atomic E-state index is 0.0419. The van der Waals surface area contributed by atoms with Gasteiger partial charge in [0.15, 0.2) is 0 Å². The Hall–Kier alpha value is -2.87. The van der Waals surface area contributed by atoms with E-state index in [2.05, 4.69) is 48.5 Å². The van der Waals surface area contributed by atoms with Gasteiger partial charge in [-0.3, -0.25) is 9.78 Å². The van der Waals surface area contributed by atoms with Crippen LogP contribution in [0.1, 0.15) is 76.5 Å². The van der Waals surface area contributed by atoms with Gasteiger partial charge in [0.1, 0.15) is 12.3 Å². The first-order valence-electron chi connectivity index (χ1n) is 13.1. The van der Waals surface area contributed by atoms with Crippen molar-refractivity contribution in [1.82, 2.24) is 15.6 Å². The summed E-state index contributed by atoms with van der Waals surface area (Å²) in [5.41, 5.74) is 2.92. The van der Waals surface area contributed by atoms with Crippen molar-refractivity contribution in [3.05, 3.63) is 59.9 Å². The van der Waals surface area contributed by atoms with E-state index in [4.69, 9.17) is 0 Å². The summed E-state index contributed by atoms with van der Waals surface area (Å²) in [7, 11) is 1.87. The van der Waals surface area contributed by atoms with Gasteiger partial charge in [-0.2, -0.15) is 0 Å². The monoisotopic (exact) mass is 514 g/mol. The summed E-state index contributed by atoms with van der Waals surface area (Å²) in [6, 6.07) is 11.2. The molecule has 1 aliphatic heterocycles. The molecular formula is C29H40F2N4O2. The molecule has 8 heteroatoms. The summed E-state index contributed by atoms with van der Waals surface area (Å²) in [4.78, 5) is 29.3. The first-order valence-corrected chi connectivity index (χ1v) is 13.1. The van der Waals surface area contributed by atoms with Crippen LogP contribution in [0.3, 0.4) is 0 Å². The zero-order valence-electron chi connectivity index (χ0n) is 22.3. The number of carbonyl (C=O) groups excluding carboxylic acids is 2. The molecule has 6 nitrogen and oxygen atoms in total. The number of halogens is 2. The van der Waals surface area contributed by atoms with Crippen molar-refractivity contribution in [3.8, 4) is 0 Å². The van der Waals surface area contributed by atoms with Crippen LogP contribution in [0.25, 0.3) is 0 Å². The van der Waals surface area contributed by atoms with Gasteiger partial charge in [0.25, 0.3) is 0 Å².